The van der Waals surface area contributed by atoms with Crippen molar-refractivity contribution in [2.75, 3.05) is 13.1 Å². The van der Waals surface area contributed by atoms with Gasteiger partial charge in [0.15, 0.2) is 0 Å². The zero-order chi connectivity index (χ0) is 8.32. The van der Waals surface area contributed by atoms with E-state index in [9.17, 15) is 0 Å². The standard InChI is InChI=1S/C9H20N2/c1-3-9(8(2)10)4-6-11-7-5-9/h8,11H,3-7,10H2,1-2H3. The number of nitrogens with one attached hydrogen (secondary N) is 1. The molecule has 0 aromatic heterocycles. The zero-order valence-electron chi connectivity index (χ0n) is 7.69. The molecule has 0 spiro atoms. The molecule has 1 aliphatic heterocycles. The lowest BCUT2D eigenvalue weighted by Gasteiger charge is -2.40. The first-order chi connectivity index (χ1) is 5.21. The van der Waals surface area contributed by atoms with Crippen LogP contribution in [0.2, 0.25) is 0 Å². The first-order valence-corrected chi connectivity index (χ1v) is 4.67. The maximum absolute atomic E-state index is 5.98. The Labute approximate surface area is 69.5 Å². The lowest BCUT2D eigenvalue weighted by atomic mass is 9.72. The van der Waals surface area contributed by atoms with E-state index in [1.54, 1.807) is 0 Å². The predicted molar refractivity (Wildman–Crippen MR) is 48.5 cm³/mol. The zero-order valence-corrected chi connectivity index (χ0v) is 7.69. The molecule has 1 aliphatic rings. The van der Waals surface area contributed by atoms with E-state index < -0.39 is 0 Å². The van der Waals surface area contributed by atoms with Crippen molar-refractivity contribution in [3.8, 4) is 0 Å². The van der Waals surface area contributed by atoms with E-state index in [-0.39, 0.29) is 0 Å². The highest BCUT2D eigenvalue weighted by Crippen LogP contribution is 2.34. The minimum atomic E-state index is 0.356. The third kappa shape index (κ3) is 1.74. The average molecular weight is 156 g/mol. The van der Waals surface area contributed by atoms with E-state index in [2.05, 4.69) is 19.2 Å². The van der Waals surface area contributed by atoms with Crippen LogP contribution in [0.1, 0.15) is 33.1 Å². The van der Waals surface area contributed by atoms with Crippen LogP contribution in [-0.2, 0) is 0 Å². The molecule has 0 radical (unpaired) electrons. The molecule has 1 atom stereocenters. The van der Waals surface area contributed by atoms with Crippen LogP contribution in [-0.4, -0.2) is 19.1 Å². The Bertz CT molecular complexity index is 115. The summed E-state index contributed by atoms with van der Waals surface area (Å²) in [7, 11) is 0. The highest BCUT2D eigenvalue weighted by atomic mass is 14.9. The van der Waals surface area contributed by atoms with E-state index >= 15 is 0 Å². The van der Waals surface area contributed by atoms with Gasteiger partial charge in [-0.3, -0.25) is 0 Å². The van der Waals surface area contributed by atoms with Gasteiger partial charge in [-0.1, -0.05) is 6.92 Å². The van der Waals surface area contributed by atoms with Crippen LogP contribution in [0.5, 0.6) is 0 Å². The third-order valence-electron chi connectivity index (χ3n) is 3.27. The Morgan fingerprint density at radius 2 is 2.00 bits per heavy atom. The molecule has 1 fully saturated rings. The summed E-state index contributed by atoms with van der Waals surface area (Å²) in [4.78, 5) is 0. The molecule has 2 heteroatoms. The van der Waals surface area contributed by atoms with Crippen LogP contribution in [0.15, 0.2) is 0 Å². The third-order valence-corrected chi connectivity index (χ3v) is 3.27. The van der Waals surface area contributed by atoms with Gasteiger partial charge in [0, 0.05) is 6.04 Å². The SMILES string of the molecule is CCC1(C(C)N)CCNCC1. The van der Waals surface area contributed by atoms with Crippen molar-refractivity contribution in [1.82, 2.24) is 5.32 Å². The molecule has 3 N–H and O–H groups in total. The number of hydrogen-bond donors (Lipinski definition) is 2. The molecule has 1 heterocycles. The lowest BCUT2D eigenvalue weighted by molar-refractivity contribution is 0.157. The summed E-state index contributed by atoms with van der Waals surface area (Å²) in [5, 5.41) is 3.37. The number of piperidine rings is 1. The van der Waals surface area contributed by atoms with Crippen LogP contribution >= 0.6 is 0 Å². The maximum atomic E-state index is 5.98. The van der Waals surface area contributed by atoms with Crippen LogP contribution in [0.3, 0.4) is 0 Å². The number of nitrogens with two attached hydrogens (primary N) is 1. The summed E-state index contributed by atoms with van der Waals surface area (Å²) in [6, 6.07) is 0.356. The second-order valence-electron chi connectivity index (χ2n) is 3.75. The van der Waals surface area contributed by atoms with Gasteiger partial charge in [0.25, 0.3) is 0 Å². The van der Waals surface area contributed by atoms with Crippen molar-refractivity contribution in [1.29, 1.82) is 0 Å². The summed E-state index contributed by atoms with van der Waals surface area (Å²) < 4.78 is 0. The summed E-state index contributed by atoms with van der Waals surface area (Å²) in [5.74, 6) is 0. The van der Waals surface area contributed by atoms with Crippen molar-refractivity contribution in [3.63, 3.8) is 0 Å². The molecule has 0 amide bonds. The topological polar surface area (TPSA) is 38.0 Å². The Balaban J connectivity index is 2.57. The minimum Gasteiger partial charge on any atom is -0.327 e. The molecule has 1 rings (SSSR count). The fourth-order valence-electron chi connectivity index (χ4n) is 2.06. The summed E-state index contributed by atoms with van der Waals surface area (Å²) >= 11 is 0. The molecule has 0 saturated carbocycles. The smallest absolute Gasteiger partial charge is 0.00678 e. The highest BCUT2D eigenvalue weighted by Gasteiger charge is 2.33. The van der Waals surface area contributed by atoms with Crippen molar-refractivity contribution < 1.29 is 0 Å². The molecular formula is C9H20N2. The van der Waals surface area contributed by atoms with E-state index in [0.717, 1.165) is 13.1 Å². The van der Waals surface area contributed by atoms with Crippen molar-refractivity contribution in [2.45, 2.75) is 39.2 Å². The van der Waals surface area contributed by atoms with Gasteiger partial charge in [-0.25, -0.2) is 0 Å². The highest BCUT2D eigenvalue weighted by molar-refractivity contribution is 4.89. The fraction of sp³-hybridized carbons (Fsp3) is 1.00. The van der Waals surface area contributed by atoms with Crippen LogP contribution in [0.25, 0.3) is 0 Å². The van der Waals surface area contributed by atoms with Crippen LogP contribution < -0.4 is 11.1 Å². The van der Waals surface area contributed by atoms with Crippen molar-refractivity contribution >= 4 is 0 Å². The summed E-state index contributed by atoms with van der Waals surface area (Å²) in [6.07, 6.45) is 3.73. The monoisotopic (exact) mass is 156 g/mol. The summed E-state index contributed by atoms with van der Waals surface area (Å²) in [5.41, 5.74) is 6.42. The molecule has 11 heavy (non-hydrogen) atoms. The van der Waals surface area contributed by atoms with Crippen molar-refractivity contribution in [3.05, 3.63) is 0 Å². The molecule has 0 aromatic rings. The minimum absolute atomic E-state index is 0.356. The fourth-order valence-corrected chi connectivity index (χ4v) is 2.06. The Morgan fingerprint density at radius 1 is 1.45 bits per heavy atom. The maximum Gasteiger partial charge on any atom is 0.00678 e. The normalized spacial score (nSPS) is 26.5. The largest absolute Gasteiger partial charge is 0.327 e. The van der Waals surface area contributed by atoms with E-state index in [1.807, 2.05) is 0 Å². The average Bonchev–Trinajstić information content (AvgIpc) is 2.05. The second kappa shape index (κ2) is 3.55. The van der Waals surface area contributed by atoms with Gasteiger partial charge in [-0.15, -0.1) is 0 Å². The Hall–Kier alpha value is -0.0800. The number of rotatable bonds is 2. The second-order valence-corrected chi connectivity index (χ2v) is 3.75. The van der Waals surface area contributed by atoms with Crippen LogP contribution in [0, 0.1) is 5.41 Å². The molecule has 0 aromatic carbocycles. The van der Waals surface area contributed by atoms with Gasteiger partial charge < -0.3 is 11.1 Å². The Morgan fingerprint density at radius 3 is 2.27 bits per heavy atom. The molecule has 0 bridgehead atoms. The quantitative estimate of drug-likeness (QED) is 0.628. The Kier molecular flexibility index (Phi) is 2.90. The summed E-state index contributed by atoms with van der Waals surface area (Å²) in [6.45, 7) is 6.70. The van der Waals surface area contributed by atoms with Gasteiger partial charge in [0.2, 0.25) is 0 Å². The van der Waals surface area contributed by atoms with Gasteiger partial charge in [0.1, 0.15) is 0 Å². The number of hydrogen-bond acceptors (Lipinski definition) is 2. The first kappa shape index (κ1) is 9.01. The molecule has 0 aliphatic carbocycles. The van der Waals surface area contributed by atoms with Gasteiger partial charge in [0.05, 0.1) is 0 Å². The van der Waals surface area contributed by atoms with E-state index in [4.69, 9.17) is 5.73 Å². The van der Waals surface area contributed by atoms with Gasteiger partial charge in [-0.05, 0) is 44.7 Å². The van der Waals surface area contributed by atoms with Crippen LogP contribution in [0.4, 0.5) is 0 Å². The van der Waals surface area contributed by atoms with E-state index in [0.29, 0.717) is 11.5 Å². The lowest BCUT2D eigenvalue weighted by Crippen LogP contribution is -2.46. The molecule has 1 unspecified atom stereocenters. The van der Waals surface area contributed by atoms with Gasteiger partial charge in [-0.2, -0.15) is 0 Å². The molecule has 66 valence electrons. The molecule has 2 nitrogen and oxygen atoms in total. The van der Waals surface area contributed by atoms with Crippen molar-refractivity contribution in [2.24, 2.45) is 11.1 Å². The van der Waals surface area contributed by atoms with Gasteiger partial charge >= 0.3 is 0 Å². The molecular weight excluding hydrogens is 136 g/mol. The van der Waals surface area contributed by atoms with E-state index in [1.165, 1.54) is 19.3 Å². The predicted octanol–water partition coefficient (Wildman–Crippen LogP) is 1.11. The molecule has 1 saturated heterocycles. The first-order valence-electron chi connectivity index (χ1n) is 4.67.